The first-order chi connectivity index (χ1) is 14.6. The topological polar surface area (TPSA) is 163 Å². The Morgan fingerprint density at radius 3 is 2.39 bits per heavy atom. The van der Waals surface area contributed by atoms with Crippen molar-refractivity contribution in [2.45, 2.75) is 19.4 Å². The van der Waals surface area contributed by atoms with E-state index in [0.717, 1.165) is 0 Å². The second-order valence-electron chi connectivity index (χ2n) is 7.54. The van der Waals surface area contributed by atoms with Crippen molar-refractivity contribution in [3.8, 4) is 0 Å². The summed E-state index contributed by atoms with van der Waals surface area (Å²) >= 11 is 0. The average molecular weight is 422 g/mol. The van der Waals surface area contributed by atoms with E-state index >= 15 is 0 Å². The van der Waals surface area contributed by atoms with Gasteiger partial charge in [-0.2, -0.15) is 0 Å². The van der Waals surface area contributed by atoms with Crippen LogP contribution in [0, 0.1) is 15.5 Å². The number of carbonyl (C=O) groups is 2. The molecule has 2 amide bonds. The molecular formula is C21H22N6O4. The van der Waals surface area contributed by atoms with Crippen LogP contribution in [0.3, 0.4) is 0 Å². The molecule has 0 aromatic heterocycles. The van der Waals surface area contributed by atoms with Crippen LogP contribution in [0.25, 0.3) is 0 Å². The number of amides is 2. The molecule has 0 aliphatic carbocycles. The van der Waals surface area contributed by atoms with Crippen LogP contribution >= 0.6 is 0 Å². The van der Waals surface area contributed by atoms with E-state index in [1.807, 2.05) is 13.8 Å². The quantitative estimate of drug-likeness (QED) is 0.214. The van der Waals surface area contributed by atoms with Crippen molar-refractivity contribution >= 4 is 29.0 Å². The maximum absolute atomic E-state index is 12.6. The first-order valence-corrected chi connectivity index (χ1v) is 9.39. The fraction of sp³-hybridized carbons (Fsp3) is 0.190. The molecule has 0 saturated heterocycles. The van der Waals surface area contributed by atoms with Crippen LogP contribution in [0.2, 0.25) is 0 Å². The number of non-ortho nitro benzene ring substituents is 1. The molecule has 1 aliphatic rings. The number of anilines is 1. The molecule has 1 aliphatic heterocycles. The van der Waals surface area contributed by atoms with Crippen LogP contribution in [-0.4, -0.2) is 34.7 Å². The van der Waals surface area contributed by atoms with Gasteiger partial charge in [0.1, 0.15) is 5.84 Å². The summed E-state index contributed by atoms with van der Waals surface area (Å²) < 4.78 is 0. The summed E-state index contributed by atoms with van der Waals surface area (Å²) in [4.78, 5) is 35.1. The van der Waals surface area contributed by atoms with Crippen LogP contribution in [0.4, 0.5) is 11.4 Å². The number of nitro groups is 1. The molecule has 0 saturated carbocycles. The smallest absolute Gasteiger partial charge is 0.269 e. The lowest BCUT2D eigenvalue weighted by Crippen LogP contribution is -2.38. The van der Waals surface area contributed by atoms with Gasteiger partial charge in [0.15, 0.2) is 0 Å². The first kappa shape index (κ1) is 21.7. The number of nitrogens with zero attached hydrogens (tertiary/aromatic N) is 1. The molecule has 10 heteroatoms. The molecule has 0 radical (unpaired) electrons. The molecule has 6 N–H and O–H groups in total. The first-order valence-electron chi connectivity index (χ1n) is 9.39. The second-order valence-corrected chi connectivity index (χ2v) is 7.54. The van der Waals surface area contributed by atoms with Gasteiger partial charge in [0, 0.05) is 46.8 Å². The zero-order chi connectivity index (χ0) is 22.8. The normalized spacial score (nSPS) is 14.8. The molecule has 3 rings (SSSR count). The van der Waals surface area contributed by atoms with Gasteiger partial charge in [-0.15, -0.1) is 0 Å². The zero-order valence-corrected chi connectivity index (χ0v) is 17.0. The summed E-state index contributed by atoms with van der Waals surface area (Å²) in [5, 5.41) is 27.2. The average Bonchev–Trinajstić information content (AvgIpc) is 3.01. The summed E-state index contributed by atoms with van der Waals surface area (Å²) in [5.41, 5.74) is 7.39. The maximum Gasteiger partial charge on any atom is 0.269 e. The van der Waals surface area contributed by atoms with Crippen molar-refractivity contribution in [3.63, 3.8) is 0 Å². The summed E-state index contributed by atoms with van der Waals surface area (Å²) in [6, 6.07) is 11.4. The minimum Gasteiger partial charge on any atom is -0.400 e. The highest BCUT2D eigenvalue weighted by Crippen LogP contribution is 2.22. The van der Waals surface area contributed by atoms with Gasteiger partial charge in [0.2, 0.25) is 0 Å². The minimum atomic E-state index is -0.548. The molecule has 160 valence electrons. The molecule has 0 spiro atoms. The fourth-order valence-electron chi connectivity index (χ4n) is 3.04. The Morgan fingerprint density at radius 1 is 1.13 bits per heavy atom. The molecule has 2 aromatic carbocycles. The number of amidine groups is 1. The van der Waals surface area contributed by atoms with E-state index < -0.39 is 22.3 Å². The monoisotopic (exact) mass is 422 g/mol. The van der Waals surface area contributed by atoms with Crippen molar-refractivity contribution < 1.29 is 14.5 Å². The van der Waals surface area contributed by atoms with E-state index in [2.05, 4.69) is 16.0 Å². The van der Waals surface area contributed by atoms with Crippen molar-refractivity contribution in [1.29, 1.82) is 5.41 Å². The van der Waals surface area contributed by atoms with Crippen molar-refractivity contribution in [2.24, 2.45) is 5.73 Å². The molecule has 0 bridgehead atoms. The zero-order valence-electron chi connectivity index (χ0n) is 17.0. The third-order valence-corrected chi connectivity index (χ3v) is 4.97. The number of hydrogen-bond acceptors (Lipinski definition) is 7. The second kappa shape index (κ2) is 8.36. The highest BCUT2D eigenvalue weighted by Gasteiger charge is 2.32. The molecule has 10 nitrogen and oxygen atoms in total. The van der Waals surface area contributed by atoms with Gasteiger partial charge in [0.05, 0.1) is 10.5 Å². The van der Waals surface area contributed by atoms with Crippen molar-refractivity contribution in [2.75, 3.05) is 11.9 Å². The predicted octanol–water partition coefficient (Wildman–Crippen LogP) is 2.15. The van der Waals surface area contributed by atoms with Gasteiger partial charge in [0.25, 0.3) is 17.5 Å². The fourth-order valence-corrected chi connectivity index (χ4v) is 3.04. The minimum absolute atomic E-state index is 0.0825. The molecule has 0 unspecified atom stereocenters. The van der Waals surface area contributed by atoms with Gasteiger partial charge < -0.3 is 21.7 Å². The summed E-state index contributed by atoms with van der Waals surface area (Å²) in [6.45, 7) is 4.16. The summed E-state index contributed by atoms with van der Waals surface area (Å²) in [5.74, 6) is -1.07. The van der Waals surface area contributed by atoms with Crippen LogP contribution < -0.4 is 21.7 Å². The Morgan fingerprint density at radius 2 is 1.81 bits per heavy atom. The van der Waals surface area contributed by atoms with Crippen LogP contribution in [-0.2, 0) is 0 Å². The number of nitrogens with one attached hydrogen (secondary N) is 4. The molecule has 0 fully saturated rings. The lowest BCUT2D eigenvalue weighted by atomic mass is 10.0. The van der Waals surface area contributed by atoms with Crippen LogP contribution in [0.1, 0.15) is 34.6 Å². The Balaban J connectivity index is 1.69. The Labute approximate surface area is 178 Å². The predicted molar refractivity (Wildman–Crippen MR) is 116 cm³/mol. The van der Waals surface area contributed by atoms with E-state index in [1.54, 1.807) is 18.2 Å². The van der Waals surface area contributed by atoms with E-state index in [4.69, 9.17) is 11.1 Å². The molecule has 0 atom stereocenters. The highest BCUT2D eigenvalue weighted by atomic mass is 16.6. The maximum atomic E-state index is 12.6. The van der Waals surface area contributed by atoms with E-state index in [0.29, 0.717) is 23.5 Å². The standard InChI is InChI=1S/C21H22N6O4/c1-21(2)17(22)16(11-24-21)18(23)26-20(29)13-4-3-5-14(10-13)25-19(28)12-6-8-15(9-7-12)27(30)31/h3-10,24H,11,22H2,1-2H3,(H,25,28)(H2,23,26,29). The largest absolute Gasteiger partial charge is 0.400 e. The third kappa shape index (κ3) is 4.75. The highest BCUT2D eigenvalue weighted by molar-refractivity contribution is 6.12. The number of hydrogen-bond donors (Lipinski definition) is 5. The lowest BCUT2D eigenvalue weighted by Gasteiger charge is -2.19. The molecule has 1 heterocycles. The van der Waals surface area contributed by atoms with Gasteiger partial charge in [-0.25, -0.2) is 0 Å². The molecule has 2 aromatic rings. The van der Waals surface area contributed by atoms with Crippen molar-refractivity contribution in [3.05, 3.63) is 81.0 Å². The van der Waals surface area contributed by atoms with E-state index in [9.17, 15) is 19.7 Å². The summed E-state index contributed by atoms with van der Waals surface area (Å²) in [6.07, 6.45) is 0. The lowest BCUT2D eigenvalue weighted by molar-refractivity contribution is -0.384. The number of benzene rings is 2. The number of carbonyl (C=O) groups excluding carboxylic acids is 2. The van der Waals surface area contributed by atoms with Gasteiger partial charge in [-0.3, -0.25) is 25.1 Å². The van der Waals surface area contributed by atoms with Gasteiger partial charge >= 0.3 is 0 Å². The van der Waals surface area contributed by atoms with Crippen LogP contribution in [0.5, 0.6) is 0 Å². The van der Waals surface area contributed by atoms with Gasteiger partial charge in [-0.05, 0) is 44.2 Å². The molecular weight excluding hydrogens is 400 g/mol. The van der Waals surface area contributed by atoms with E-state index in [1.165, 1.54) is 30.3 Å². The summed E-state index contributed by atoms with van der Waals surface area (Å²) in [7, 11) is 0. The third-order valence-electron chi connectivity index (χ3n) is 4.97. The number of nitrogens with two attached hydrogens (primary N) is 1. The Hall–Kier alpha value is -4.05. The number of rotatable bonds is 5. The molecule has 31 heavy (non-hydrogen) atoms. The Kier molecular flexibility index (Phi) is 5.84. The Bertz CT molecular complexity index is 1110. The number of nitro benzene ring substituents is 1. The van der Waals surface area contributed by atoms with Crippen LogP contribution in [0.15, 0.2) is 59.8 Å². The van der Waals surface area contributed by atoms with Gasteiger partial charge in [-0.1, -0.05) is 6.07 Å². The van der Waals surface area contributed by atoms with E-state index in [-0.39, 0.29) is 22.6 Å². The SMILES string of the molecule is CC1(C)NCC(C(=N)NC(=O)c2cccc(NC(=O)c3ccc([N+](=O)[O-])cc3)c2)=C1N. The van der Waals surface area contributed by atoms with Crippen molar-refractivity contribution in [1.82, 2.24) is 10.6 Å².